The summed E-state index contributed by atoms with van der Waals surface area (Å²) < 4.78 is 1.31. The Hall–Kier alpha value is -3.03. The fourth-order valence-corrected chi connectivity index (χ4v) is 2.85. The van der Waals surface area contributed by atoms with Crippen molar-refractivity contribution in [2.24, 2.45) is 0 Å². The highest BCUT2D eigenvalue weighted by Crippen LogP contribution is 2.21. The molecule has 1 heterocycles. The van der Waals surface area contributed by atoms with Crippen molar-refractivity contribution in [1.29, 1.82) is 0 Å². The Morgan fingerprint density at radius 3 is 2.52 bits per heavy atom. The molecule has 8 heteroatoms. The summed E-state index contributed by atoms with van der Waals surface area (Å²) in [6, 6.07) is 7.11. The van der Waals surface area contributed by atoms with E-state index in [-0.39, 0.29) is 24.0 Å². The van der Waals surface area contributed by atoms with Gasteiger partial charge in [-0.3, -0.25) is 19.1 Å². The minimum atomic E-state index is -0.663. The van der Waals surface area contributed by atoms with Gasteiger partial charge in [-0.25, -0.2) is 4.79 Å². The number of anilines is 3. The zero-order chi connectivity index (χ0) is 20.1. The van der Waals surface area contributed by atoms with Gasteiger partial charge in [-0.05, 0) is 31.5 Å². The van der Waals surface area contributed by atoms with Gasteiger partial charge >= 0.3 is 5.69 Å². The fraction of sp³-hybridized carbons (Fsp3) is 0.421. The molecule has 0 spiro atoms. The zero-order valence-electron chi connectivity index (χ0n) is 16.3. The van der Waals surface area contributed by atoms with Crippen molar-refractivity contribution in [1.82, 2.24) is 9.55 Å². The highest BCUT2D eigenvalue weighted by atomic mass is 16.2. The van der Waals surface area contributed by atoms with Crippen LogP contribution in [0, 0.1) is 0 Å². The van der Waals surface area contributed by atoms with Crippen molar-refractivity contribution < 1.29 is 4.79 Å². The number of carbonyl (C=O) groups is 1. The molecule has 2 aromatic rings. The number of nitrogen functional groups attached to an aromatic ring is 1. The molecule has 2 rings (SSSR count). The van der Waals surface area contributed by atoms with E-state index in [1.165, 1.54) is 9.47 Å². The average Bonchev–Trinajstić information content (AvgIpc) is 2.64. The number of nitrogens with zero attached hydrogens (tertiary/aromatic N) is 3. The second-order valence-electron chi connectivity index (χ2n) is 6.49. The van der Waals surface area contributed by atoms with E-state index in [1.807, 2.05) is 32.0 Å². The van der Waals surface area contributed by atoms with Gasteiger partial charge in [0.05, 0.1) is 0 Å². The van der Waals surface area contributed by atoms with Crippen LogP contribution in [0.25, 0.3) is 0 Å². The average molecular weight is 373 g/mol. The topological polar surface area (TPSA) is 104 Å². The molecule has 1 aromatic carbocycles. The molecule has 8 nitrogen and oxygen atoms in total. The summed E-state index contributed by atoms with van der Waals surface area (Å²) in [5.41, 5.74) is 6.23. The quantitative estimate of drug-likeness (QED) is 0.768. The largest absolute Gasteiger partial charge is 0.383 e. The Bertz CT molecular complexity index is 930. The summed E-state index contributed by atoms with van der Waals surface area (Å²) in [6.07, 6.45) is 1.61. The Morgan fingerprint density at radius 2 is 1.93 bits per heavy atom. The summed E-state index contributed by atoms with van der Waals surface area (Å²) >= 11 is 0. The lowest BCUT2D eigenvalue weighted by Crippen LogP contribution is -2.41. The van der Waals surface area contributed by atoms with Crippen molar-refractivity contribution in [2.75, 3.05) is 36.2 Å². The van der Waals surface area contributed by atoms with Gasteiger partial charge in [0, 0.05) is 38.4 Å². The normalized spacial score (nSPS) is 10.7. The summed E-state index contributed by atoms with van der Waals surface area (Å²) in [5.74, 6) is -0.338. The van der Waals surface area contributed by atoms with Crippen LogP contribution in [-0.2, 0) is 6.54 Å². The second kappa shape index (κ2) is 8.57. The Morgan fingerprint density at radius 1 is 1.22 bits per heavy atom. The van der Waals surface area contributed by atoms with Crippen molar-refractivity contribution in [2.45, 2.75) is 33.2 Å². The van der Waals surface area contributed by atoms with Crippen LogP contribution in [0.1, 0.15) is 37.0 Å². The molecule has 0 fully saturated rings. The van der Waals surface area contributed by atoms with Crippen LogP contribution in [0.3, 0.4) is 0 Å². The third-order valence-corrected chi connectivity index (χ3v) is 4.39. The van der Waals surface area contributed by atoms with Gasteiger partial charge in [0.15, 0.2) is 5.69 Å². The van der Waals surface area contributed by atoms with E-state index in [4.69, 9.17) is 5.73 Å². The van der Waals surface area contributed by atoms with Gasteiger partial charge in [0.1, 0.15) is 5.82 Å². The molecule has 0 unspecified atom stereocenters. The Kier molecular flexibility index (Phi) is 6.44. The number of unbranched alkanes of at least 4 members (excludes halogenated alkanes) is 1. The first kappa shape index (κ1) is 20.3. The minimum Gasteiger partial charge on any atom is -0.383 e. The molecular weight excluding hydrogens is 346 g/mol. The SMILES string of the molecule is CCCCn1c(N)c(N(CC)C(=O)c2cccc(N(C)C)c2)c(=O)[nH]c1=O. The van der Waals surface area contributed by atoms with Crippen LogP contribution in [0.2, 0.25) is 0 Å². The Balaban J connectivity index is 2.54. The molecule has 0 atom stereocenters. The van der Waals surface area contributed by atoms with Crippen LogP contribution in [0.4, 0.5) is 17.2 Å². The van der Waals surface area contributed by atoms with Crippen molar-refractivity contribution in [3.63, 3.8) is 0 Å². The van der Waals surface area contributed by atoms with Crippen LogP contribution in [0.15, 0.2) is 33.9 Å². The van der Waals surface area contributed by atoms with Crippen LogP contribution < -0.4 is 26.8 Å². The summed E-state index contributed by atoms with van der Waals surface area (Å²) in [7, 11) is 3.76. The molecule has 0 saturated heterocycles. The third-order valence-electron chi connectivity index (χ3n) is 4.39. The number of nitrogens with two attached hydrogens (primary N) is 1. The maximum atomic E-state index is 13.1. The second-order valence-corrected chi connectivity index (χ2v) is 6.49. The number of aromatic nitrogens is 2. The number of rotatable bonds is 7. The van der Waals surface area contributed by atoms with E-state index in [0.717, 1.165) is 18.5 Å². The lowest BCUT2D eigenvalue weighted by molar-refractivity contribution is 0.0988. The predicted octanol–water partition coefficient (Wildman–Crippen LogP) is 1.65. The van der Waals surface area contributed by atoms with E-state index in [0.29, 0.717) is 12.1 Å². The lowest BCUT2D eigenvalue weighted by atomic mass is 10.1. The number of carbonyl (C=O) groups excluding carboxylic acids is 1. The van der Waals surface area contributed by atoms with Crippen LogP contribution in [0.5, 0.6) is 0 Å². The number of amides is 1. The van der Waals surface area contributed by atoms with Gasteiger partial charge in [0.2, 0.25) is 0 Å². The molecule has 146 valence electrons. The van der Waals surface area contributed by atoms with E-state index in [9.17, 15) is 14.4 Å². The molecule has 0 saturated carbocycles. The maximum Gasteiger partial charge on any atom is 0.330 e. The smallest absolute Gasteiger partial charge is 0.330 e. The molecular formula is C19H27N5O3. The third kappa shape index (κ3) is 4.21. The first-order chi connectivity index (χ1) is 12.8. The summed E-state index contributed by atoms with van der Waals surface area (Å²) in [6.45, 7) is 4.37. The van der Waals surface area contributed by atoms with Gasteiger partial charge < -0.3 is 15.5 Å². The summed E-state index contributed by atoms with van der Waals surface area (Å²) in [4.78, 5) is 43.1. The van der Waals surface area contributed by atoms with Crippen LogP contribution >= 0.6 is 0 Å². The number of H-pyrrole nitrogens is 1. The van der Waals surface area contributed by atoms with E-state index in [1.54, 1.807) is 25.1 Å². The first-order valence-electron chi connectivity index (χ1n) is 9.03. The monoisotopic (exact) mass is 373 g/mol. The lowest BCUT2D eigenvalue weighted by Gasteiger charge is -2.23. The first-order valence-corrected chi connectivity index (χ1v) is 9.03. The zero-order valence-corrected chi connectivity index (χ0v) is 16.3. The molecule has 1 aromatic heterocycles. The fourth-order valence-electron chi connectivity index (χ4n) is 2.85. The number of aromatic amines is 1. The number of benzene rings is 1. The van der Waals surface area contributed by atoms with Gasteiger partial charge in [0.25, 0.3) is 11.5 Å². The maximum absolute atomic E-state index is 13.1. The molecule has 0 aliphatic rings. The molecule has 0 aliphatic carbocycles. The molecule has 3 N–H and O–H groups in total. The number of hydrogen-bond acceptors (Lipinski definition) is 5. The molecule has 0 radical (unpaired) electrons. The van der Waals surface area contributed by atoms with Crippen molar-refractivity contribution in [3.05, 3.63) is 50.7 Å². The van der Waals surface area contributed by atoms with Gasteiger partial charge in [-0.15, -0.1) is 0 Å². The predicted molar refractivity (Wildman–Crippen MR) is 109 cm³/mol. The highest BCUT2D eigenvalue weighted by Gasteiger charge is 2.24. The van der Waals surface area contributed by atoms with Crippen LogP contribution in [-0.4, -0.2) is 36.1 Å². The standard InChI is InChI=1S/C19H27N5O3/c1-5-7-11-24-16(20)15(17(25)21-19(24)27)23(6-2)18(26)13-9-8-10-14(12-13)22(3)4/h8-10,12H,5-7,11,20H2,1-4H3,(H,21,25,27). The Labute approximate surface area is 158 Å². The van der Waals surface area contributed by atoms with Crippen molar-refractivity contribution in [3.8, 4) is 0 Å². The van der Waals surface area contributed by atoms with Gasteiger partial charge in [-0.2, -0.15) is 0 Å². The summed E-state index contributed by atoms with van der Waals surface area (Å²) in [5, 5.41) is 0. The van der Waals surface area contributed by atoms with Crippen molar-refractivity contribution >= 4 is 23.1 Å². The van der Waals surface area contributed by atoms with E-state index >= 15 is 0 Å². The number of nitrogens with one attached hydrogen (secondary N) is 1. The van der Waals surface area contributed by atoms with Gasteiger partial charge in [-0.1, -0.05) is 19.4 Å². The highest BCUT2D eigenvalue weighted by molar-refractivity contribution is 6.07. The van der Waals surface area contributed by atoms with E-state index < -0.39 is 11.2 Å². The molecule has 27 heavy (non-hydrogen) atoms. The molecule has 1 amide bonds. The molecule has 0 bridgehead atoms. The number of hydrogen-bond donors (Lipinski definition) is 2. The molecule has 0 aliphatic heterocycles. The minimum absolute atomic E-state index is 0.00783. The van der Waals surface area contributed by atoms with E-state index in [2.05, 4.69) is 4.98 Å².